The molecule has 0 atom stereocenters. The number of nitrogens with two attached hydrogens (primary N) is 1. The van der Waals surface area contributed by atoms with Crippen molar-refractivity contribution in [1.29, 1.82) is 0 Å². The maximum Gasteiger partial charge on any atom is 0.142 e. The summed E-state index contributed by atoms with van der Waals surface area (Å²) in [6.07, 6.45) is 0. The van der Waals surface area contributed by atoms with E-state index in [4.69, 9.17) is 15.2 Å². The molecule has 0 heterocycles. The van der Waals surface area contributed by atoms with Gasteiger partial charge in [-0.3, -0.25) is 0 Å². The van der Waals surface area contributed by atoms with E-state index >= 15 is 0 Å². The van der Waals surface area contributed by atoms with E-state index in [1.54, 1.807) is 12.1 Å². The number of benzene rings is 2. The standard InChI is InChI=1S/C14H13F2NO2/c1-18-11-4-2-9(12(16)7-11)8-19-14-5-3-10(15)6-13(14)17/h2-7H,8,17H2,1H3. The van der Waals surface area contributed by atoms with E-state index in [2.05, 4.69) is 0 Å². The van der Waals surface area contributed by atoms with E-state index in [0.717, 1.165) is 6.07 Å². The van der Waals surface area contributed by atoms with Gasteiger partial charge in [-0.05, 0) is 24.3 Å². The number of hydrogen-bond donors (Lipinski definition) is 1. The second-order valence-corrected chi connectivity index (χ2v) is 3.93. The lowest BCUT2D eigenvalue weighted by Crippen LogP contribution is -2.01. The Morgan fingerprint density at radius 3 is 2.53 bits per heavy atom. The molecule has 0 spiro atoms. The minimum Gasteiger partial charge on any atom is -0.497 e. The van der Waals surface area contributed by atoms with Crippen LogP contribution in [0.1, 0.15) is 5.56 Å². The highest BCUT2D eigenvalue weighted by Gasteiger charge is 2.07. The SMILES string of the molecule is COc1ccc(COc2ccc(F)cc2N)c(F)c1. The van der Waals surface area contributed by atoms with Crippen molar-refractivity contribution in [2.75, 3.05) is 12.8 Å². The van der Waals surface area contributed by atoms with Crippen molar-refractivity contribution in [1.82, 2.24) is 0 Å². The predicted octanol–water partition coefficient (Wildman–Crippen LogP) is 3.13. The number of halogens is 2. The second-order valence-electron chi connectivity index (χ2n) is 3.93. The largest absolute Gasteiger partial charge is 0.497 e. The minimum absolute atomic E-state index is 0.00562. The van der Waals surface area contributed by atoms with Gasteiger partial charge in [-0.1, -0.05) is 0 Å². The molecule has 0 saturated heterocycles. The fraction of sp³-hybridized carbons (Fsp3) is 0.143. The molecule has 0 aliphatic carbocycles. The molecule has 2 N–H and O–H groups in total. The van der Waals surface area contributed by atoms with Gasteiger partial charge in [0, 0.05) is 17.7 Å². The zero-order valence-electron chi connectivity index (χ0n) is 10.3. The number of methoxy groups -OCH3 is 1. The van der Waals surface area contributed by atoms with E-state index < -0.39 is 11.6 Å². The minimum atomic E-state index is -0.444. The van der Waals surface area contributed by atoms with Gasteiger partial charge in [0.2, 0.25) is 0 Å². The van der Waals surface area contributed by atoms with Crippen molar-refractivity contribution in [3.63, 3.8) is 0 Å². The normalized spacial score (nSPS) is 10.3. The van der Waals surface area contributed by atoms with Crippen molar-refractivity contribution in [3.8, 4) is 11.5 Å². The van der Waals surface area contributed by atoms with E-state index in [1.807, 2.05) is 0 Å². The fourth-order valence-electron chi connectivity index (χ4n) is 1.58. The predicted molar refractivity (Wildman–Crippen MR) is 68.1 cm³/mol. The Morgan fingerprint density at radius 2 is 1.89 bits per heavy atom. The van der Waals surface area contributed by atoms with Crippen molar-refractivity contribution in [2.24, 2.45) is 0 Å². The zero-order valence-corrected chi connectivity index (χ0v) is 10.3. The molecule has 5 heteroatoms. The van der Waals surface area contributed by atoms with Gasteiger partial charge in [-0.2, -0.15) is 0 Å². The summed E-state index contributed by atoms with van der Waals surface area (Å²) in [6.45, 7) is 0.00562. The van der Waals surface area contributed by atoms with Gasteiger partial charge in [0.1, 0.15) is 29.7 Å². The van der Waals surface area contributed by atoms with Gasteiger partial charge in [-0.15, -0.1) is 0 Å². The van der Waals surface area contributed by atoms with Crippen molar-refractivity contribution in [2.45, 2.75) is 6.61 Å². The van der Waals surface area contributed by atoms with Crippen molar-refractivity contribution >= 4 is 5.69 Å². The molecule has 0 amide bonds. The van der Waals surface area contributed by atoms with Crippen molar-refractivity contribution in [3.05, 3.63) is 53.6 Å². The molecule has 0 fully saturated rings. The highest BCUT2D eigenvalue weighted by Crippen LogP contribution is 2.24. The summed E-state index contributed by atoms with van der Waals surface area (Å²) in [6, 6.07) is 8.26. The van der Waals surface area contributed by atoms with Crippen LogP contribution in [-0.4, -0.2) is 7.11 Å². The summed E-state index contributed by atoms with van der Waals surface area (Å²) in [5.74, 6) is -0.125. The Kier molecular flexibility index (Phi) is 3.85. The Labute approximate surface area is 109 Å². The molecule has 0 aliphatic heterocycles. The third kappa shape index (κ3) is 3.13. The Bertz CT molecular complexity index is 588. The number of ether oxygens (including phenoxy) is 2. The molecule has 0 saturated carbocycles. The van der Waals surface area contributed by atoms with Crippen LogP contribution in [0, 0.1) is 11.6 Å². The fourth-order valence-corrected chi connectivity index (χ4v) is 1.58. The van der Waals surface area contributed by atoms with Gasteiger partial charge < -0.3 is 15.2 Å². The highest BCUT2D eigenvalue weighted by atomic mass is 19.1. The second kappa shape index (κ2) is 5.56. The quantitative estimate of drug-likeness (QED) is 0.864. The van der Waals surface area contributed by atoms with Crippen LogP contribution in [0.3, 0.4) is 0 Å². The molecule has 3 nitrogen and oxygen atoms in total. The zero-order chi connectivity index (χ0) is 13.8. The average molecular weight is 265 g/mol. The molecule has 19 heavy (non-hydrogen) atoms. The van der Waals surface area contributed by atoms with Crippen LogP contribution in [0.25, 0.3) is 0 Å². The molecular weight excluding hydrogens is 252 g/mol. The number of anilines is 1. The Balaban J connectivity index is 2.10. The lowest BCUT2D eigenvalue weighted by Gasteiger charge is -2.10. The van der Waals surface area contributed by atoms with Crippen molar-refractivity contribution < 1.29 is 18.3 Å². The van der Waals surface area contributed by atoms with Crippen LogP contribution >= 0.6 is 0 Å². The first-order chi connectivity index (χ1) is 9.10. The van der Waals surface area contributed by atoms with Crippen LogP contribution in [0.2, 0.25) is 0 Å². The van der Waals surface area contributed by atoms with Crippen LogP contribution in [-0.2, 0) is 6.61 Å². The van der Waals surface area contributed by atoms with Gasteiger partial charge in [0.25, 0.3) is 0 Å². The molecule has 100 valence electrons. The lowest BCUT2D eigenvalue weighted by atomic mass is 10.2. The molecule has 0 aromatic heterocycles. The molecule has 0 unspecified atom stereocenters. The summed E-state index contributed by atoms with van der Waals surface area (Å²) >= 11 is 0. The molecule has 2 rings (SSSR count). The van der Waals surface area contributed by atoms with Gasteiger partial charge in [-0.25, -0.2) is 8.78 Å². The number of nitrogen functional groups attached to an aromatic ring is 1. The molecule has 0 bridgehead atoms. The number of rotatable bonds is 4. The van der Waals surface area contributed by atoms with Crippen LogP contribution in [0.15, 0.2) is 36.4 Å². The van der Waals surface area contributed by atoms with E-state index in [-0.39, 0.29) is 12.3 Å². The van der Waals surface area contributed by atoms with E-state index in [9.17, 15) is 8.78 Å². The Hall–Kier alpha value is -2.30. The van der Waals surface area contributed by atoms with Crippen LogP contribution < -0.4 is 15.2 Å². The summed E-state index contributed by atoms with van der Waals surface area (Å²) in [7, 11) is 1.46. The maximum absolute atomic E-state index is 13.7. The topological polar surface area (TPSA) is 44.5 Å². The monoisotopic (exact) mass is 265 g/mol. The van der Waals surface area contributed by atoms with E-state index in [1.165, 1.54) is 25.3 Å². The highest BCUT2D eigenvalue weighted by molar-refractivity contribution is 5.52. The smallest absolute Gasteiger partial charge is 0.142 e. The Morgan fingerprint density at radius 1 is 1.11 bits per heavy atom. The first-order valence-corrected chi connectivity index (χ1v) is 5.60. The van der Waals surface area contributed by atoms with Gasteiger partial charge in [0.05, 0.1) is 12.8 Å². The first kappa shape index (κ1) is 13.1. The third-order valence-electron chi connectivity index (χ3n) is 2.62. The molecule has 2 aromatic carbocycles. The summed E-state index contributed by atoms with van der Waals surface area (Å²) in [4.78, 5) is 0. The first-order valence-electron chi connectivity index (χ1n) is 5.60. The molecule has 0 radical (unpaired) electrons. The summed E-state index contributed by atoms with van der Waals surface area (Å²) < 4.78 is 36.8. The average Bonchev–Trinajstić information content (AvgIpc) is 2.39. The number of hydrogen-bond acceptors (Lipinski definition) is 3. The molecule has 2 aromatic rings. The maximum atomic E-state index is 13.7. The molecule has 0 aliphatic rings. The summed E-state index contributed by atoms with van der Waals surface area (Å²) in [5.41, 5.74) is 6.13. The third-order valence-corrected chi connectivity index (χ3v) is 2.62. The van der Waals surface area contributed by atoms with Crippen LogP contribution in [0.5, 0.6) is 11.5 Å². The lowest BCUT2D eigenvalue weighted by molar-refractivity contribution is 0.300. The van der Waals surface area contributed by atoms with Gasteiger partial charge >= 0.3 is 0 Å². The van der Waals surface area contributed by atoms with E-state index in [0.29, 0.717) is 17.1 Å². The molecular formula is C14H13F2NO2. The van der Waals surface area contributed by atoms with Gasteiger partial charge in [0.15, 0.2) is 0 Å². The van der Waals surface area contributed by atoms with Crippen LogP contribution in [0.4, 0.5) is 14.5 Å². The summed E-state index contributed by atoms with van der Waals surface area (Å²) in [5, 5.41) is 0.